The molecule has 0 saturated heterocycles. The quantitative estimate of drug-likeness (QED) is 0.472. The molecule has 0 spiro atoms. The number of hydrogen-bond acceptors (Lipinski definition) is 5. The summed E-state index contributed by atoms with van der Waals surface area (Å²) < 4.78 is 5.01. The van der Waals surface area contributed by atoms with Gasteiger partial charge in [0.25, 0.3) is 0 Å². The molecule has 0 radical (unpaired) electrons. The summed E-state index contributed by atoms with van der Waals surface area (Å²) >= 11 is 1.71. The van der Waals surface area contributed by atoms with Crippen molar-refractivity contribution in [3.8, 4) is 0 Å². The lowest BCUT2D eigenvalue weighted by Crippen LogP contribution is -2.36. The lowest BCUT2D eigenvalue weighted by Gasteiger charge is -2.09. The molecular formula is C11H16IN5OS. The van der Waals surface area contributed by atoms with Gasteiger partial charge in [-0.05, 0) is 18.4 Å². The van der Waals surface area contributed by atoms with Crippen LogP contribution in [-0.2, 0) is 13.1 Å². The smallest absolute Gasteiger partial charge is 0.246 e. The fraction of sp³-hybridized carbons (Fsp3) is 0.364. The van der Waals surface area contributed by atoms with E-state index in [1.807, 2.05) is 6.07 Å². The molecule has 2 N–H and O–H groups in total. The van der Waals surface area contributed by atoms with Gasteiger partial charge in [-0.25, -0.2) is 0 Å². The van der Waals surface area contributed by atoms with Crippen LogP contribution >= 0.6 is 35.3 Å². The Hall–Kier alpha value is -1.16. The number of halogens is 1. The van der Waals surface area contributed by atoms with Crippen molar-refractivity contribution in [3.63, 3.8) is 0 Å². The molecule has 19 heavy (non-hydrogen) atoms. The van der Waals surface area contributed by atoms with Crippen LogP contribution in [0.3, 0.4) is 0 Å². The van der Waals surface area contributed by atoms with Gasteiger partial charge in [-0.2, -0.15) is 4.98 Å². The predicted octanol–water partition coefficient (Wildman–Crippen LogP) is 1.92. The van der Waals surface area contributed by atoms with E-state index in [2.05, 4.69) is 37.2 Å². The van der Waals surface area contributed by atoms with Crippen LogP contribution in [0.15, 0.2) is 27.0 Å². The first kappa shape index (κ1) is 15.9. The molecule has 0 amide bonds. The highest BCUT2D eigenvalue weighted by Crippen LogP contribution is 2.07. The molecule has 2 aromatic heterocycles. The average Bonchev–Trinajstić information content (AvgIpc) is 3.01. The number of aliphatic imine (C=N–C) groups is 1. The van der Waals surface area contributed by atoms with Gasteiger partial charge in [0.2, 0.25) is 5.89 Å². The minimum Gasteiger partial charge on any atom is -0.352 e. The number of rotatable bonds is 4. The molecule has 2 aromatic rings. The van der Waals surface area contributed by atoms with E-state index in [-0.39, 0.29) is 24.0 Å². The van der Waals surface area contributed by atoms with E-state index in [4.69, 9.17) is 4.52 Å². The second-order valence-electron chi connectivity index (χ2n) is 3.59. The Morgan fingerprint density at radius 1 is 1.42 bits per heavy atom. The third-order valence-corrected chi connectivity index (χ3v) is 3.09. The first-order chi connectivity index (χ1) is 8.78. The SMILES string of the molecule is CN=C(NCc1nc(C)no1)NCc1cccs1.I. The fourth-order valence-electron chi connectivity index (χ4n) is 1.38. The molecule has 0 bridgehead atoms. The number of hydrogen-bond donors (Lipinski definition) is 2. The summed E-state index contributed by atoms with van der Waals surface area (Å²) in [5, 5.41) is 12.1. The van der Waals surface area contributed by atoms with Crippen LogP contribution in [0.5, 0.6) is 0 Å². The molecule has 104 valence electrons. The van der Waals surface area contributed by atoms with E-state index in [1.165, 1.54) is 4.88 Å². The summed E-state index contributed by atoms with van der Waals surface area (Å²) in [7, 11) is 1.73. The molecular weight excluding hydrogens is 377 g/mol. The van der Waals surface area contributed by atoms with Crippen molar-refractivity contribution in [3.05, 3.63) is 34.1 Å². The first-order valence-electron chi connectivity index (χ1n) is 5.54. The van der Waals surface area contributed by atoms with Crippen molar-refractivity contribution in [2.24, 2.45) is 4.99 Å². The third-order valence-electron chi connectivity index (χ3n) is 2.21. The van der Waals surface area contributed by atoms with Crippen LogP contribution in [0.4, 0.5) is 0 Å². The summed E-state index contributed by atoms with van der Waals surface area (Å²) in [4.78, 5) is 9.48. The fourth-order valence-corrected chi connectivity index (χ4v) is 2.02. The van der Waals surface area contributed by atoms with Gasteiger partial charge in [0.05, 0.1) is 13.1 Å². The maximum Gasteiger partial charge on any atom is 0.246 e. The average molecular weight is 393 g/mol. The molecule has 2 heterocycles. The molecule has 0 fully saturated rings. The van der Waals surface area contributed by atoms with Crippen LogP contribution in [0.25, 0.3) is 0 Å². The lowest BCUT2D eigenvalue weighted by atomic mass is 10.5. The van der Waals surface area contributed by atoms with Crippen LogP contribution in [0, 0.1) is 6.92 Å². The van der Waals surface area contributed by atoms with Crippen LogP contribution in [0.1, 0.15) is 16.6 Å². The highest BCUT2D eigenvalue weighted by atomic mass is 127. The summed E-state index contributed by atoms with van der Waals surface area (Å²) in [6, 6.07) is 4.10. The topological polar surface area (TPSA) is 75.3 Å². The monoisotopic (exact) mass is 393 g/mol. The maximum absolute atomic E-state index is 5.01. The molecule has 0 saturated carbocycles. The molecule has 0 atom stereocenters. The van der Waals surface area contributed by atoms with E-state index < -0.39 is 0 Å². The van der Waals surface area contributed by atoms with Gasteiger partial charge in [-0.1, -0.05) is 11.2 Å². The molecule has 6 nitrogen and oxygen atoms in total. The van der Waals surface area contributed by atoms with Crippen molar-refractivity contribution >= 4 is 41.3 Å². The zero-order valence-corrected chi connectivity index (χ0v) is 13.9. The Balaban J connectivity index is 0.00000180. The standard InChI is InChI=1S/C11H15N5OS.HI/c1-8-15-10(17-16-8)7-14-11(12-2)13-6-9-4-3-5-18-9;/h3-5H,6-7H2,1-2H3,(H2,12,13,14);1H. The van der Waals surface area contributed by atoms with E-state index >= 15 is 0 Å². The second-order valence-corrected chi connectivity index (χ2v) is 4.63. The predicted molar refractivity (Wildman–Crippen MR) is 85.8 cm³/mol. The highest BCUT2D eigenvalue weighted by molar-refractivity contribution is 14.0. The van der Waals surface area contributed by atoms with Gasteiger partial charge in [0.15, 0.2) is 11.8 Å². The molecule has 0 aromatic carbocycles. The van der Waals surface area contributed by atoms with E-state index in [0.29, 0.717) is 24.2 Å². The Kier molecular flexibility index (Phi) is 6.78. The Bertz CT molecular complexity index is 511. The van der Waals surface area contributed by atoms with Gasteiger partial charge in [0, 0.05) is 11.9 Å². The molecule has 0 aliphatic carbocycles. The largest absolute Gasteiger partial charge is 0.352 e. The van der Waals surface area contributed by atoms with Crippen molar-refractivity contribution in [2.45, 2.75) is 20.0 Å². The third kappa shape index (κ3) is 5.15. The highest BCUT2D eigenvalue weighted by Gasteiger charge is 2.04. The maximum atomic E-state index is 5.01. The summed E-state index contributed by atoms with van der Waals surface area (Å²) in [5.74, 6) is 1.89. The van der Waals surface area contributed by atoms with Gasteiger partial charge in [0.1, 0.15) is 0 Å². The van der Waals surface area contributed by atoms with E-state index in [9.17, 15) is 0 Å². The molecule has 0 aliphatic heterocycles. The van der Waals surface area contributed by atoms with Crippen LogP contribution in [-0.4, -0.2) is 23.1 Å². The Morgan fingerprint density at radius 2 is 2.21 bits per heavy atom. The van der Waals surface area contributed by atoms with Crippen LogP contribution < -0.4 is 10.6 Å². The molecule has 8 heteroatoms. The van der Waals surface area contributed by atoms with E-state index in [0.717, 1.165) is 6.54 Å². The number of thiophene rings is 1. The van der Waals surface area contributed by atoms with Crippen molar-refractivity contribution in [1.29, 1.82) is 0 Å². The number of aromatic nitrogens is 2. The minimum atomic E-state index is 0. The summed E-state index contributed by atoms with van der Waals surface area (Å²) in [6.07, 6.45) is 0. The van der Waals surface area contributed by atoms with Crippen molar-refractivity contribution < 1.29 is 4.52 Å². The first-order valence-corrected chi connectivity index (χ1v) is 6.42. The normalized spacial score (nSPS) is 10.9. The number of aryl methyl sites for hydroxylation is 1. The van der Waals surface area contributed by atoms with Gasteiger partial charge >= 0.3 is 0 Å². The lowest BCUT2D eigenvalue weighted by molar-refractivity contribution is 0.371. The molecule has 0 aliphatic rings. The molecule has 0 unspecified atom stereocenters. The van der Waals surface area contributed by atoms with E-state index in [1.54, 1.807) is 25.3 Å². The number of guanidine groups is 1. The van der Waals surface area contributed by atoms with Crippen LogP contribution in [0.2, 0.25) is 0 Å². The van der Waals surface area contributed by atoms with Crippen molar-refractivity contribution in [2.75, 3.05) is 7.05 Å². The van der Waals surface area contributed by atoms with Gasteiger partial charge in [-0.15, -0.1) is 35.3 Å². The zero-order valence-electron chi connectivity index (χ0n) is 10.7. The molecule has 2 rings (SSSR count). The number of nitrogens with one attached hydrogen (secondary N) is 2. The van der Waals surface area contributed by atoms with Gasteiger partial charge in [-0.3, -0.25) is 4.99 Å². The van der Waals surface area contributed by atoms with Gasteiger partial charge < -0.3 is 15.2 Å². The zero-order chi connectivity index (χ0) is 12.8. The number of nitrogens with zero attached hydrogens (tertiary/aromatic N) is 3. The summed E-state index contributed by atoms with van der Waals surface area (Å²) in [6.45, 7) is 3.00. The Labute approximate surface area is 132 Å². The second kappa shape index (κ2) is 8.10. The van der Waals surface area contributed by atoms with Crippen molar-refractivity contribution in [1.82, 2.24) is 20.8 Å². The minimum absolute atomic E-state index is 0. The summed E-state index contributed by atoms with van der Waals surface area (Å²) in [5.41, 5.74) is 0. The Morgan fingerprint density at radius 3 is 2.79 bits per heavy atom.